The minimum Gasteiger partial charge on any atom is -0.443 e. The van der Waals surface area contributed by atoms with Crippen molar-refractivity contribution in [1.82, 2.24) is 4.98 Å². The maximum atomic E-state index is 11.7. The lowest BCUT2D eigenvalue weighted by molar-refractivity contribution is 0.0589. The number of Topliss-reactive ketones (excluding diaryl/α,β-unsaturated/α-hetero) is 1. The van der Waals surface area contributed by atoms with E-state index in [1.54, 1.807) is 33.2 Å². The van der Waals surface area contributed by atoms with E-state index in [1.807, 2.05) is 0 Å². The fourth-order valence-electron chi connectivity index (χ4n) is 0.989. The molecule has 1 rings (SSSR count). The zero-order valence-electron chi connectivity index (χ0n) is 10.6. The largest absolute Gasteiger partial charge is 0.443 e. The fraction of sp³-hybridized carbons (Fsp3) is 0.545. The van der Waals surface area contributed by atoms with Crippen molar-refractivity contribution in [1.29, 1.82) is 0 Å². The van der Waals surface area contributed by atoms with E-state index in [9.17, 15) is 9.59 Å². The number of hydrogen-bond donors (Lipinski definition) is 0. The molecule has 0 aliphatic heterocycles. The highest BCUT2D eigenvalue weighted by Gasteiger charge is 2.22. The SMILES string of the molecule is CC(=O)c1csc(N(C)C(=O)OC(C)(C)C)n1. The van der Waals surface area contributed by atoms with Gasteiger partial charge in [0.2, 0.25) is 0 Å². The molecule has 0 unspecified atom stereocenters. The molecule has 94 valence electrons. The minimum absolute atomic E-state index is 0.120. The molecule has 0 aliphatic rings. The van der Waals surface area contributed by atoms with Crippen molar-refractivity contribution in [3.05, 3.63) is 11.1 Å². The van der Waals surface area contributed by atoms with Crippen LogP contribution in [0.1, 0.15) is 38.2 Å². The van der Waals surface area contributed by atoms with E-state index in [2.05, 4.69) is 4.98 Å². The van der Waals surface area contributed by atoms with E-state index < -0.39 is 11.7 Å². The highest BCUT2D eigenvalue weighted by Crippen LogP contribution is 2.21. The van der Waals surface area contributed by atoms with Gasteiger partial charge >= 0.3 is 6.09 Å². The van der Waals surface area contributed by atoms with Crippen molar-refractivity contribution < 1.29 is 14.3 Å². The van der Waals surface area contributed by atoms with Gasteiger partial charge in [-0.25, -0.2) is 9.78 Å². The van der Waals surface area contributed by atoms with Crippen LogP contribution in [0, 0.1) is 0 Å². The van der Waals surface area contributed by atoms with Crippen molar-refractivity contribution in [3.8, 4) is 0 Å². The third-order valence-electron chi connectivity index (χ3n) is 1.81. The average Bonchev–Trinajstić information content (AvgIpc) is 2.62. The van der Waals surface area contributed by atoms with Gasteiger partial charge in [-0.2, -0.15) is 0 Å². The second-order valence-corrected chi connectivity index (χ2v) is 5.45. The summed E-state index contributed by atoms with van der Waals surface area (Å²) < 4.78 is 5.19. The van der Waals surface area contributed by atoms with E-state index in [0.717, 1.165) is 0 Å². The molecule has 1 aromatic heterocycles. The molecular formula is C11H16N2O3S. The number of carbonyl (C=O) groups excluding carboxylic acids is 2. The summed E-state index contributed by atoms with van der Waals surface area (Å²) in [5, 5.41) is 2.07. The number of rotatable bonds is 2. The molecular weight excluding hydrogens is 240 g/mol. The lowest BCUT2D eigenvalue weighted by Crippen LogP contribution is -2.34. The van der Waals surface area contributed by atoms with E-state index in [1.165, 1.54) is 23.2 Å². The van der Waals surface area contributed by atoms with Crippen molar-refractivity contribution in [2.75, 3.05) is 11.9 Å². The molecule has 6 heteroatoms. The third kappa shape index (κ3) is 3.81. The van der Waals surface area contributed by atoms with E-state index in [-0.39, 0.29) is 5.78 Å². The van der Waals surface area contributed by atoms with Gasteiger partial charge in [0.1, 0.15) is 11.3 Å². The Kier molecular flexibility index (Phi) is 3.87. The number of nitrogens with zero attached hydrogens (tertiary/aromatic N) is 2. The van der Waals surface area contributed by atoms with Crippen molar-refractivity contribution >= 4 is 28.3 Å². The number of carbonyl (C=O) groups is 2. The maximum Gasteiger partial charge on any atom is 0.416 e. The number of amides is 1. The molecule has 0 bridgehead atoms. The van der Waals surface area contributed by atoms with Gasteiger partial charge in [0.05, 0.1) is 0 Å². The quantitative estimate of drug-likeness (QED) is 0.763. The number of thiazole rings is 1. The van der Waals surface area contributed by atoms with Crippen molar-refractivity contribution in [3.63, 3.8) is 0 Å². The number of ether oxygens (including phenoxy) is 1. The number of aromatic nitrogens is 1. The van der Waals surface area contributed by atoms with Crippen LogP contribution in [0.25, 0.3) is 0 Å². The van der Waals surface area contributed by atoms with Gasteiger partial charge < -0.3 is 4.74 Å². The normalized spacial score (nSPS) is 11.1. The highest BCUT2D eigenvalue weighted by molar-refractivity contribution is 7.14. The van der Waals surface area contributed by atoms with Crippen molar-refractivity contribution in [2.45, 2.75) is 33.3 Å². The van der Waals surface area contributed by atoms with Gasteiger partial charge in [0.25, 0.3) is 0 Å². The van der Waals surface area contributed by atoms with Crippen LogP contribution in [-0.4, -0.2) is 29.5 Å². The summed E-state index contributed by atoms with van der Waals surface area (Å²) in [6, 6.07) is 0. The van der Waals surface area contributed by atoms with E-state index in [4.69, 9.17) is 4.74 Å². The fourth-order valence-corrected chi connectivity index (χ4v) is 1.81. The van der Waals surface area contributed by atoms with Crippen LogP contribution < -0.4 is 4.90 Å². The summed E-state index contributed by atoms with van der Waals surface area (Å²) in [6.45, 7) is 6.82. The van der Waals surface area contributed by atoms with Crippen LogP contribution >= 0.6 is 11.3 Å². The Morgan fingerprint density at radius 1 is 1.41 bits per heavy atom. The molecule has 0 saturated heterocycles. The van der Waals surface area contributed by atoms with Gasteiger partial charge in [0.15, 0.2) is 10.9 Å². The van der Waals surface area contributed by atoms with Gasteiger partial charge in [0, 0.05) is 19.4 Å². The standard InChI is InChI=1S/C11H16N2O3S/c1-7(14)8-6-17-9(12-8)13(5)10(15)16-11(2,3)4/h6H,1-5H3. The maximum absolute atomic E-state index is 11.7. The predicted molar refractivity (Wildman–Crippen MR) is 66.8 cm³/mol. The first-order valence-electron chi connectivity index (χ1n) is 5.14. The van der Waals surface area contributed by atoms with Gasteiger partial charge in [-0.3, -0.25) is 9.69 Å². The number of ketones is 1. The van der Waals surface area contributed by atoms with Crippen LogP contribution in [0.4, 0.5) is 9.93 Å². The van der Waals surface area contributed by atoms with Crippen LogP contribution in [-0.2, 0) is 4.74 Å². The molecule has 0 saturated carbocycles. The zero-order valence-corrected chi connectivity index (χ0v) is 11.4. The Morgan fingerprint density at radius 3 is 2.41 bits per heavy atom. The van der Waals surface area contributed by atoms with Crippen LogP contribution in [0.3, 0.4) is 0 Å². The predicted octanol–water partition coefficient (Wildman–Crippen LogP) is 2.72. The van der Waals surface area contributed by atoms with Crippen LogP contribution in [0.2, 0.25) is 0 Å². The number of hydrogen-bond acceptors (Lipinski definition) is 5. The summed E-state index contributed by atoms with van der Waals surface area (Å²) in [6.07, 6.45) is -0.484. The Labute approximate surface area is 104 Å². The van der Waals surface area contributed by atoms with E-state index >= 15 is 0 Å². The molecule has 0 atom stereocenters. The topological polar surface area (TPSA) is 59.5 Å². The summed E-state index contributed by atoms with van der Waals surface area (Å²) in [4.78, 5) is 28.2. The zero-order chi connectivity index (χ0) is 13.2. The molecule has 1 amide bonds. The molecule has 0 fully saturated rings. The molecule has 1 heterocycles. The monoisotopic (exact) mass is 256 g/mol. The van der Waals surface area contributed by atoms with Gasteiger partial charge in [-0.15, -0.1) is 11.3 Å². The molecule has 0 N–H and O–H groups in total. The minimum atomic E-state index is -0.550. The molecule has 0 spiro atoms. The Bertz CT molecular complexity index is 434. The molecule has 5 nitrogen and oxygen atoms in total. The average molecular weight is 256 g/mol. The molecule has 17 heavy (non-hydrogen) atoms. The second-order valence-electron chi connectivity index (χ2n) is 4.61. The Balaban J connectivity index is 2.78. The van der Waals surface area contributed by atoms with Crippen molar-refractivity contribution in [2.24, 2.45) is 0 Å². The second kappa shape index (κ2) is 4.83. The van der Waals surface area contributed by atoms with Gasteiger partial charge in [-0.1, -0.05) is 0 Å². The first kappa shape index (κ1) is 13.6. The smallest absolute Gasteiger partial charge is 0.416 e. The third-order valence-corrected chi connectivity index (χ3v) is 2.72. The Morgan fingerprint density at radius 2 is 2.00 bits per heavy atom. The summed E-state index contributed by atoms with van der Waals surface area (Å²) in [5.74, 6) is -0.120. The van der Waals surface area contributed by atoms with Gasteiger partial charge in [-0.05, 0) is 20.8 Å². The highest BCUT2D eigenvalue weighted by atomic mass is 32.1. The Hall–Kier alpha value is -1.43. The molecule has 0 aliphatic carbocycles. The molecule has 0 radical (unpaired) electrons. The van der Waals surface area contributed by atoms with E-state index in [0.29, 0.717) is 10.8 Å². The summed E-state index contributed by atoms with van der Waals surface area (Å²) >= 11 is 1.23. The molecule has 0 aromatic carbocycles. The van der Waals surface area contributed by atoms with Crippen LogP contribution in [0.5, 0.6) is 0 Å². The van der Waals surface area contributed by atoms with Crippen LogP contribution in [0.15, 0.2) is 5.38 Å². The summed E-state index contributed by atoms with van der Waals surface area (Å²) in [7, 11) is 1.57. The number of anilines is 1. The lowest BCUT2D eigenvalue weighted by Gasteiger charge is -2.23. The first-order valence-corrected chi connectivity index (χ1v) is 6.02. The lowest BCUT2D eigenvalue weighted by atomic mass is 10.2. The first-order chi connectivity index (χ1) is 7.70. The summed E-state index contributed by atoms with van der Waals surface area (Å²) in [5.41, 5.74) is -0.188. The molecule has 1 aromatic rings.